The summed E-state index contributed by atoms with van der Waals surface area (Å²) in [7, 11) is 3.68. The van der Waals surface area contributed by atoms with Gasteiger partial charge in [-0.3, -0.25) is 4.79 Å². The second kappa shape index (κ2) is 8.03. The summed E-state index contributed by atoms with van der Waals surface area (Å²) >= 11 is 1.44. The van der Waals surface area contributed by atoms with Crippen molar-refractivity contribution >= 4 is 39.9 Å². The highest BCUT2D eigenvalue weighted by atomic mass is 32.1. The van der Waals surface area contributed by atoms with Crippen LogP contribution < -0.4 is 16.0 Å². The fraction of sp³-hybridized carbons (Fsp3) is 0.143. The zero-order valence-corrected chi connectivity index (χ0v) is 17.2. The van der Waals surface area contributed by atoms with Crippen molar-refractivity contribution in [3.8, 4) is 10.7 Å². The second-order valence-corrected chi connectivity index (χ2v) is 7.74. The van der Waals surface area contributed by atoms with Gasteiger partial charge in [0.15, 0.2) is 5.82 Å². The van der Waals surface area contributed by atoms with Gasteiger partial charge >= 0.3 is 0 Å². The predicted octanol–water partition coefficient (Wildman–Crippen LogP) is 3.67. The molecule has 0 aliphatic rings. The lowest BCUT2D eigenvalue weighted by Crippen LogP contribution is -2.16. The van der Waals surface area contributed by atoms with Gasteiger partial charge in [-0.05, 0) is 23.8 Å². The fourth-order valence-electron chi connectivity index (χ4n) is 3.03. The van der Waals surface area contributed by atoms with E-state index in [1.54, 1.807) is 23.1 Å². The Morgan fingerprint density at radius 1 is 1.13 bits per heavy atom. The lowest BCUT2D eigenvalue weighted by Gasteiger charge is -2.13. The molecule has 9 heteroatoms. The van der Waals surface area contributed by atoms with Gasteiger partial charge in [-0.25, -0.2) is 4.39 Å². The number of carbonyl (C=O) groups is 1. The smallest absolute Gasteiger partial charge is 0.249 e. The molecule has 2 aromatic carbocycles. The largest absolute Gasteiger partial charge is 0.366 e. The first-order chi connectivity index (χ1) is 14.4. The van der Waals surface area contributed by atoms with Crippen molar-refractivity contribution in [2.45, 2.75) is 6.54 Å². The van der Waals surface area contributed by atoms with Crippen LogP contribution in [0.2, 0.25) is 0 Å². The molecule has 0 unspecified atom stereocenters. The number of amides is 1. The minimum absolute atomic E-state index is 0.296. The number of hydrogen-bond donors (Lipinski definition) is 2. The molecule has 4 rings (SSSR count). The number of thiophene rings is 1. The third-order valence-corrected chi connectivity index (χ3v) is 5.47. The summed E-state index contributed by atoms with van der Waals surface area (Å²) in [5.74, 6) is 0.564. The van der Waals surface area contributed by atoms with Gasteiger partial charge in [-0.15, -0.1) is 11.3 Å². The Bertz CT molecular complexity index is 1240. The summed E-state index contributed by atoms with van der Waals surface area (Å²) in [6, 6.07) is 11.7. The van der Waals surface area contributed by atoms with Crippen LogP contribution >= 0.6 is 11.3 Å². The Balaban J connectivity index is 1.74. The maximum atomic E-state index is 13.4. The Morgan fingerprint density at radius 2 is 1.93 bits per heavy atom. The molecule has 0 aliphatic carbocycles. The molecule has 0 saturated heterocycles. The maximum absolute atomic E-state index is 13.4. The molecule has 0 fully saturated rings. The molecule has 0 radical (unpaired) electrons. The Kier molecular flexibility index (Phi) is 5.28. The summed E-state index contributed by atoms with van der Waals surface area (Å²) in [6.45, 7) is 0.366. The highest BCUT2D eigenvalue weighted by Crippen LogP contribution is 2.35. The monoisotopic (exact) mass is 422 g/mol. The van der Waals surface area contributed by atoms with E-state index in [1.165, 1.54) is 23.5 Å². The maximum Gasteiger partial charge on any atom is 0.249 e. The van der Waals surface area contributed by atoms with Gasteiger partial charge in [0.25, 0.3) is 0 Å². The van der Waals surface area contributed by atoms with E-state index in [1.807, 2.05) is 31.6 Å². The van der Waals surface area contributed by atoms with Crippen LogP contribution in [0.1, 0.15) is 15.9 Å². The van der Waals surface area contributed by atoms with Crippen LogP contribution in [0.15, 0.2) is 47.8 Å². The first-order valence-corrected chi connectivity index (χ1v) is 10.0. The lowest BCUT2D eigenvalue weighted by molar-refractivity contribution is 0.100. The zero-order valence-electron chi connectivity index (χ0n) is 16.4. The normalized spacial score (nSPS) is 10.9. The average Bonchev–Trinajstić information content (AvgIpc) is 3.16. The number of carbonyl (C=O) groups excluding carboxylic acids is 1. The number of nitrogens with one attached hydrogen (secondary N) is 1. The lowest BCUT2D eigenvalue weighted by atomic mass is 10.1. The molecule has 4 aromatic rings. The van der Waals surface area contributed by atoms with Gasteiger partial charge in [0.2, 0.25) is 17.8 Å². The van der Waals surface area contributed by atoms with Crippen molar-refractivity contribution in [2.24, 2.45) is 5.73 Å². The van der Waals surface area contributed by atoms with Crippen LogP contribution in [0.4, 0.5) is 16.3 Å². The molecule has 2 heterocycles. The predicted molar refractivity (Wildman–Crippen MR) is 117 cm³/mol. The molecule has 0 atom stereocenters. The Labute approximate surface area is 176 Å². The number of anilines is 2. The topological polar surface area (TPSA) is 97.0 Å². The number of benzene rings is 2. The molecule has 7 nitrogen and oxygen atoms in total. The van der Waals surface area contributed by atoms with Crippen molar-refractivity contribution in [3.63, 3.8) is 0 Å². The molecular weight excluding hydrogens is 403 g/mol. The molecule has 0 aliphatic heterocycles. The summed E-state index contributed by atoms with van der Waals surface area (Å²) in [5, 5.41) is 6.64. The number of primary amides is 1. The molecule has 0 saturated carbocycles. The van der Waals surface area contributed by atoms with Crippen molar-refractivity contribution in [3.05, 3.63) is 64.8 Å². The van der Waals surface area contributed by atoms with E-state index < -0.39 is 5.91 Å². The summed E-state index contributed by atoms with van der Waals surface area (Å²) in [5.41, 5.74) is 6.74. The molecule has 0 bridgehead atoms. The van der Waals surface area contributed by atoms with E-state index >= 15 is 0 Å². The Morgan fingerprint density at radius 3 is 2.67 bits per heavy atom. The number of fused-ring (bicyclic) bond motifs is 1. The van der Waals surface area contributed by atoms with E-state index in [0.29, 0.717) is 29.8 Å². The highest BCUT2D eigenvalue weighted by molar-refractivity contribution is 7.15. The molecule has 152 valence electrons. The number of nitrogens with zero attached hydrogens (tertiary/aromatic N) is 4. The first kappa shape index (κ1) is 19.7. The molecule has 2 aromatic heterocycles. The third-order valence-electron chi connectivity index (χ3n) is 4.48. The highest BCUT2D eigenvalue weighted by Gasteiger charge is 2.17. The van der Waals surface area contributed by atoms with Crippen molar-refractivity contribution in [1.29, 1.82) is 0 Å². The minimum Gasteiger partial charge on any atom is -0.366 e. The van der Waals surface area contributed by atoms with E-state index in [4.69, 9.17) is 5.73 Å². The van der Waals surface area contributed by atoms with Gasteiger partial charge in [0.05, 0.1) is 4.88 Å². The molecule has 0 spiro atoms. The molecule has 1 amide bonds. The van der Waals surface area contributed by atoms with Crippen LogP contribution in [-0.4, -0.2) is 35.0 Å². The zero-order chi connectivity index (χ0) is 21.3. The fourth-order valence-corrected chi connectivity index (χ4v) is 4.02. The van der Waals surface area contributed by atoms with Crippen molar-refractivity contribution < 1.29 is 9.18 Å². The number of halogens is 1. The van der Waals surface area contributed by atoms with Crippen LogP contribution in [0, 0.1) is 5.82 Å². The van der Waals surface area contributed by atoms with Crippen LogP contribution in [0.3, 0.4) is 0 Å². The SMILES string of the molecule is CN(C)c1nc(NCc2cccc(F)c2)nc(-c2scc3c(C(N)=O)cccc23)n1. The quantitative estimate of drug-likeness (QED) is 0.492. The minimum atomic E-state index is -0.480. The van der Waals surface area contributed by atoms with Crippen molar-refractivity contribution in [1.82, 2.24) is 15.0 Å². The number of hydrogen-bond acceptors (Lipinski definition) is 7. The number of aromatic nitrogens is 3. The van der Waals surface area contributed by atoms with Crippen LogP contribution in [-0.2, 0) is 6.54 Å². The summed E-state index contributed by atoms with van der Waals surface area (Å²) in [6.07, 6.45) is 0. The van der Waals surface area contributed by atoms with E-state index in [-0.39, 0.29) is 5.82 Å². The molecule has 30 heavy (non-hydrogen) atoms. The van der Waals surface area contributed by atoms with E-state index in [0.717, 1.165) is 21.2 Å². The molecule has 3 N–H and O–H groups in total. The third kappa shape index (κ3) is 3.92. The number of nitrogens with two attached hydrogens (primary N) is 1. The van der Waals surface area contributed by atoms with Gasteiger partial charge in [0, 0.05) is 42.4 Å². The van der Waals surface area contributed by atoms with Gasteiger partial charge in [-0.1, -0.05) is 24.3 Å². The van der Waals surface area contributed by atoms with E-state index in [9.17, 15) is 9.18 Å². The van der Waals surface area contributed by atoms with Gasteiger partial charge < -0.3 is 16.0 Å². The van der Waals surface area contributed by atoms with Crippen LogP contribution in [0.5, 0.6) is 0 Å². The second-order valence-electron chi connectivity index (χ2n) is 6.86. The average molecular weight is 422 g/mol. The first-order valence-electron chi connectivity index (χ1n) is 9.14. The van der Waals surface area contributed by atoms with E-state index in [2.05, 4.69) is 20.3 Å². The summed E-state index contributed by atoms with van der Waals surface area (Å²) in [4.78, 5) is 27.9. The van der Waals surface area contributed by atoms with Gasteiger partial charge in [-0.2, -0.15) is 15.0 Å². The Hall–Kier alpha value is -3.59. The van der Waals surface area contributed by atoms with Crippen LogP contribution in [0.25, 0.3) is 21.5 Å². The summed E-state index contributed by atoms with van der Waals surface area (Å²) < 4.78 is 13.4. The standard InChI is InChI=1S/C21H19FN6OS/c1-28(2)21-26-19(17-14-7-4-8-15(18(23)29)16(14)11-30-17)25-20(27-21)24-10-12-5-3-6-13(22)9-12/h3-9,11H,10H2,1-2H3,(H2,23,29)(H,24,25,26,27). The number of rotatable bonds is 6. The van der Waals surface area contributed by atoms with Crippen molar-refractivity contribution in [2.75, 3.05) is 24.3 Å². The van der Waals surface area contributed by atoms with Gasteiger partial charge in [0.1, 0.15) is 5.82 Å². The molecular formula is C21H19FN6OS.